The predicted molar refractivity (Wildman–Crippen MR) is 95.7 cm³/mol. The number of ether oxygens (including phenoxy) is 2. The van der Waals surface area contributed by atoms with Crippen molar-refractivity contribution in [1.29, 1.82) is 0 Å². The third-order valence-electron chi connectivity index (χ3n) is 4.79. The van der Waals surface area contributed by atoms with E-state index in [4.69, 9.17) is 9.47 Å². The highest BCUT2D eigenvalue weighted by Gasteiger charge is 2.50. The monoisotopic (exact) mass is 376 g/mol. The SMILES string of the molecule is COc1ccc([C@@]2(C)NC(=O)N(NC(=O)CN3CCO[C@H](C)C3)C2=O)cc1. The lowest BCUT2D eigenvalue weighted by molar-refractivity contribution is -0.140. The largest absolute Gasteiger partial charge is 0.497 e. The smallest absolute Gasteiger partial charge is 0.344 e. The van der Waals surface area contributed by atoms with Crippen LogP contribution >= 0.6 is 0 Å². The number of benzene rings is 1. The summed E-state index contributed by atoms with van der Waals surface area (Å²) in [5.74, 6) is -0.322. The van der Waals surface area contributed by atoms with E-state index in [0.29, 0.717) is 31.0 Å². The molecular weight excluding hydrogens is 352 g/mol. The Morgan fingerprint density at radius 1 is 1.37 bits per heavy atom. The fraction of sp³-hybridized carbons (Fsp3) is 0.500. The van der Waals surface area contributed by atoms with E-state index in [0.717, 1.165) is 5.01 Å². The van der Waals surface area contributed by atoms with Crippen molar-refractivity contribution >= 4 is 17.8 Å². The number of hydrazine groups is 1. The van der Waals surface area contributed by atoms with Crippen molar-refractivity contribution < 1.29 is 23.9 Å². The molecule has 2 saturated heterocycles. The number of methoxy groups -OCH3 is 1. The average Bonchev–Trinajstić information content (AvgIpc) is 2.86. The van der Waals surface area contributed by atoms with Gasteiger partial charge in [-0.2, -0.15) is 5.01 Å². The number of carbonyl (C=O) groups is 3. The van der Waals surface area contributed by atoms with Crippen LogP contribution in [0, 0.1) is 0 Å². The standard InChI is InChI=1S/C18H24N4O5/c1-12-10-21(8-9-27-12)11-15(23)20-22-16(24)18(2,19-17(22)25)13-4-6-14(26-3)7-5-13/h4-7,12H,8-11H2,1-3H3,(H,19,25)(H,20,23)/t12-,18-/m1/s1. The number of imide groups is 1. The van der Waals surface area contributed by atoms with Gasteiger partial charge in [0.15, 0.2) is 0 Å². The molecule has 2 heterocycles. The molecule has 0 aromatic heterocycles. The molecule has 27 heavy (non-hydrogen) atoms. The summed E-state index contributed by atoms with van der Waals surface area (Å²) >= 11 is 0. The van der Waals surface area contributed by atoms with Crippen LogP contribution < -0.4 is 15.5 Å². The molecule has 1 aromatic carbocycles. The summed E-state index contributed by atoms with van der Waals surface area (Å²) < 4.78 is 10.6. The van der Waals surface area contributed by atoms with Gasteiger partial charge >= 0.3 is 6.03 Å². The predicted octanol–water partition coefficient (Wildman–Crippen LogP) is 0.214. The highest BCUT2D eigenvalue weighted by atomic mass is 16.5. The fourth-order valence-electron chi connectivity index (χ4n) is 3.26. The van der Waals surface area contributed by atoms with Crippen LogP contribution in [-0.2, 0) is 19.9 Å². The van der Waals surface area contributed by atoms with Crippen molar-refractivity contribution in [2.75, 3.05) is 33.4 Å². The minimum Gasteiger partial charge on any atom is -0.497 e. The van der Waals surface area contributed by atoms with E-state index < -0.39 is 23.4 Å². The molecule has 0 bridgehead atoms. The van der Waals surface area contributed by atoms with Crippen LogP contribution in [0.2, 0.25) is 0 Å². The molecule has 4 amide bonds. The lowest BCUT2D eigenvalue weighted by Crippen LogP contribution is -2.52. The van der Waals surface area contributed by atoms with Crippen molar-refractivity contribution in [3.05, 3.63) is 29.8 Å². The Kier molecular flexibility index (Phi) is 5.33. The molecule has 3 rings (SSSR count). The number of hydrogen-bond donors (Lipinski definition) is 2. The first kappa shape index (κ1) is 19.1. The van der Waals surface area contributed by atoms with Gasteiger partial charge in [0.2, 0.25) is 0 Å². The van der Waals surface area contributed by atoms with Gasteiger partial charge in [-0.25, -0.2) is 4.79 Å². The first-order valence-corrected chi connectivity index (χ1v) is 8.78. The maximum atomic E-state index is 12.8. The number of urea groups is 1. The summed E-state index contributed by atoms with van der Waals surface area (Å²) in [4.78, 5) is 39.4. The molecule has 0 radical (unpaired) electrons. The second kappa shape index (κ2) is 7.53. The molecule has 0 unspecified atom stereocenters. The Bertz CT molecular complexity index is 738. The van der Waals surface area contributed by atoms with Gasteiger partial charge in [0, 0.05) is 13.1 Å². The van der Waals surface area contributed by atoms with Crippen LogP contribution in [0.15, 0.2) is 24.3 Å². The molecule has 9 nitrogen and oxygen atoms in total. The van der Waals surface area contributed by atoms with Crippen molar-refractivity contribution in [3.63, 3.8) is 0 Å². The average molecular weight is 376 g/mol. The van der Waals surface area contributed by atoms with Gasteiger partial charge in [-0.15, -0.1) is 0 Å². The molecule has 2 N–H and O–H groups in total. The summed E-state index contributed by atoms with van der Waals surface area (Å²) in [5, 5.41) is 3.39. The molecule has 0 saturated carbocycles. The zero-order valence-corrected chi connectivity index (χ0v) is 15.7. The molecule has 2 fully saturated rings. The number of carbonyl (C=O) groups excluding carboxylic acids is 3. The molecule has 1 aromatic rings. The summed E-state index contributed by atoms with van der Waals surface area (Å²) in [7, 11) is 1.55. The first-order valence-electron chi connectivity index (χ1n) is 8.78. The van der Waals surface area contributed by atoms with Gasteiger partial charge in [0.1, 0.15) is 11.3 Å². The topological polar surface area (TPSA) is 100 Å². The quantitative estimate of drug-likeness (QED) is 0.713. The second-order valence-corrected chi connectivity index (χ2v) is 6.88. The Hall–Kier alpha value is -2.65. The number of nitrogens with one attached hydrogen (secondary N) is 2. The number of hydrogen-bond acceptors (Lipinski definition) is 6. The molecule has 0 spiro atoms. The zero-order valence-electron chi connectivity index (χ0n) is 15.7. The van der Waals surface area contributed by atoms with Crippen LogP contribution in [0.25, 0.3) is 0 Å². The van der Waals surface area contributed by atoms with Gasteiger partial charge in [-0.1, -0.05) is 12.1 Å². The molecular formula is C18H24N4O5. The molecule has 146 valence electrons. The number of rotatable bonds is 5. The summed E-state index contributed by atoms with van der Waals surface area (Å²) in [6.45, 7) is 5.42. The van der Waals surface area contributed by atoms with E-state index in [1.54, 1.807) is 38.3 Å². The molecule has 0 aliphatic carbocycles. The normalized spacial score (nSPS) is 26.0. The van der Waals surface area contributed by atoms with Crippen molar-refractivity contribution in [1.82, 2.24) is 20.7 Å². The highest BCUT2D eigenvalue weighted by Crippen LogP contribution is 2.29. The van der Waals surface area contributed by atoms with E-state index in [-0.39, 0.29) is 12.6 Å². The number of amides is 4. The Balaban J connectivity index is 1.67. The Labute approximate surface area is 157 Å². The van der Waals surface area contributed by atoms with Gasteiger partial charge in [-0.3, -0.25) is 19.9 Å². The van der Waals surface area contributed by atoms with Crippen LogP contribution in [0.3, 0.4) is 0 Å². The van der Waals surface area contributed by atoms with E-state index in [2.05, 4.69) is 10.7 Å². The summed E-state index contributed by atoms with van der Waals surface area (Å²) in [6.07, 6.45) is 0.0432. The first-order chi connectivity index (χ1) is 12.8. The van der Waals surface area contributed by atoms with Crippen LogP contribution in [0.4, 0.5) is 4.79 Å². The van der Waals surface area contributed by atoms with Crippen LogP contribution in [0.5, 0.6) is 5.75 Å². The molecule has 2 aliphatic rings. The summed E-state index contributed by atoms with van der Waals surface area (Å²) in [6, 6.07) is 6.17. The Morgan fingerprint density at radius 3 is 2.70 bits per heavy atom. The van der Waals surface area contributed by atoms with Crippen LogP contribution in [0.1, 0.15) is 19.4 Å². The lowest BCUT2D eigenvalue weighted by atomic mass is 9.92. The minimum atomic E-state index is -1.26. The van der Waals surface area contributed by atoms with E-state index in [9.17, 15) is 14.4 Å². The Morgan fingerprint density at radius 2 is 2.07 bits per heavy atom. The molecule has 2 aliphatic heterocycles. The number of morpholine rings is 1. The van der Waals surface area contributed by atoms with Crippen LogP contribution in [-0.4, -0.2) is 67.2 Å². The van der Waals surface area contributed by atoms with Crippen molar-refractivity contribution in [2.45, 2.75) is 25.5 Å². The molecule has 9 heteroatoms. The van der Waals surface area contributed by atoms with Gasteiger partial charge in [0.25, 0.3) is 11.8 Å². The number of nitrogens with zero attached hydrogens (tertiary/aromatic N) is 2. The second-order valence-electron chi connectivity index (χ2n) is 6.88. The molecule has 2 atom stereocenters. The van der Waals surface area contributed by atoms with E-state index in [1.165, 1.54) is 0 Å². The summed E-state index contributed by atoms with van der Waals surface area (Å²) in [5.41, 5.74) is 1.75. The maximum absolute atomic E-state index is 12.8. The van der Waals surface area contributed by atoms with Gasteiger partial charge in [0.05, 0.1) is 26.4 Å². The maximum Gasteiger partial charge on any atom is 0.344 e. The highest BCUT2D eigenvalue weighted by molar-refractivity contribution is 6.08. The minimum absolute atomic E-state index is 0.0432. The lowest BCUT2D eigenvalue weighted by Gasteiger charge is -2.30. The fourth-order valence-corrected chi connectivity index (χ4v) is 3.26. The van der Waals surface area contributed by atoms with Gasteiger partial charge in [-0.05, 0) is 31.5 Å². The third kappa shape index (κ3) is 3.88. The van der Waals surface area contributed by atoms with E-state index >= 15 is 0 Å². The van der Waals surface area contributed by atoms with Crippen molar-refractivity contribution in [3.8, 4) is 5.75 Å². The third-order valence-corrected chi connectivity index (χ3v) is 4.79. The van der Waals surface area contributed by atoms with E-state index in [1.807, 2.05) is 11.8 Å². The van der Waals surface area contributed by atoms with Gasteiger partial charge < -0.3 is 14.8 Å². The zero-order chi connectivity index (χ0) is 19.6. The van der Waals surface area contributed by atoms with Crippen molar-refractivity contribution in [2.24, 2.45) is 0 Å².